The molecule has 0 spiro atoms. The van der Waals surface area contributed by atoms with Crippen molar-refractivity contribution < 1.29 is 9.53 Å². The molecule has 0 amide bonds. The number of hydrogen-bond donors (Lipinski definition) is 0. The van der Waals surface area contributed by atoms with Gasteiger partial charge >= 0.3 is 0 Å². The predicted molar refractivity (Wildman–Crippen MR) is 73.2 cm³/mol. The topological polar surface area (TPSA) is 44.1 Å². The summed E-state index contributed by atoms with van der Waals surface area (Å²) in [7, 11) is 0. The van der Waals surface area contributed by atoms with Crippen molar-refractivity contribution in [2.45, 2.75) is 20.4 Å². The van der Waals surface area contributed by atoms with Gasteiger partial charge in [0.15, 0.2) is 5.78 Å². The third kappa shape index (κ3) is 2.16. The number of nitrogens with zero attached hydrogens (tertiary/aromatic N) is 2. The molecule has 0 aliphatic carbocycles. The number of aromatic nitrogens is 2. The molecule has 1 aromatic carbocycles. The van der Waals surface area contributed by atoms with Crippen molar-refractivity contribution in [3.05, 3.63) is 30.0 Å². The number of ether oxygens (including phenoxy) is 1. The molecule has 0 bridgehead atoms. The molecule has 1 aliphatic rings. The lowest BCUT2D eigenvalue weighted by Crippen LogP contribution is -2.33. The Morgan fingerprint density at radius 2 is 2.16 bits per heavy atom. The highest BCUT2D eigenvalue weighted by atomic mass is 16.5. The molecule has 1 aliphatic heterocycles. The van der Waals surface area contributed by atoms with Crippen LogP contribution in [0.25, 0.3) is 10.9 Å². The summed E-state index contributed by atoms with van der Waals surface area (Å²) in [5.41, 5.74) is 1.64. The fraction of sp³-hybridized carbons (Fsp3) is 0.467. The third-order valence-corrected chi connectivity index (χ3v) is 3.54. The maximum Gasteiger partial charge on any atom is 0.184 e. The highest BCUT2D eigenvalue weighted by molar-refractivity contribution is 6.07. The Morgan fingerprint density at radius 1 is 1.42 bits per heavy atom. The number of Topliss-reactive ketones (excluding diaryl/α,β-unsaturated/α-hetero) is 1. The summed E-state index contributed by atoms with van der Waals surface area (Å²) in [4.78, 5) is 12.4. The molecule has 4 nitrogen and oxygen atoms in total. The Bertz CT molecular complexity index is 612. The van der Waals surface area contributed by atoms with E-state index < -0.39 is 0 Å². The normalized spacial score (nSPS) is 15.9. The molecule has 2 aromatic rings. The smallest absolute Gasteiger partial charge is 0.184 e. The van der Waals surface area contributed by atoms with Gasteiger partial charge < -0.3 is 4.74 Å². The molecule has 0 atom stereocenters. The quantitative estimate of drug-likeness (QED) is 0.791. The molecule has 0 radical (unpaired) electrons. The molecule has 100 valence electrons. The molecular weight excluding hydrogens is 240 g/mol. The van der Waals surface area contributed by atoms with E-state index >= 15 is 0 Å². The third-order valence-electron chi connectivity index (χ3n) is 3.54. The van der Waals surface area contributed by atoms with Gasteiger partial charge in [0, 0.05) is 23.8 Å². The van der Waals surface area contributed by atoms with Crippen LogP contribution >= 0.6 is 0 Å². The molecule has 4 heteroatoms. The number of rotatable bonds is 4. The fourth-order valence-corrected chi connectivity index (χ4v) is 2.38. The second-order valence-electron chi connectivity index (χ2n) is 5.47. The Balaban J connectivity index is 2.07. The van der Waals surface area contributed by atoms with Gasteiger partial charge in [-0.25, -0.2) is 0 Å². The first-order valence-corrected chi connectivity index (χ1v) is 6.74. The van der Waals surface area contributed by atoms with Crippen molar-refractivity contribution >= 4 is 16.7 Å². The molecule has 3 rings (SSSR count). The fourth-order valence-electron chi connectivity index (χ4n) is 2.38. The van der Waals surface area contributed by atoms with Gasteiger partial charge in [0.05, 0.1) is 18.7 Å². The zero-order chi connectivity index (χ0) is 13.4. The van der Waals surface area contributed by atoms with Gasteiger partial charge in [-0.1, -0.05) is 32.0 Å². The number of benzene rings is 1. The summed E-state index contributed by atoms with van der Waals surface area (Å²) in [6.07, 6.45) is 0. The van der Waals surface area contributed by atoms with E-state index in [9.17, 15) is 4.79 Å². The van der Waals surface area contributed by atoms with Gasteiger partial charge in [-0.2, -0.15) is 5.10 Å². The van der Waals surface area contributed by atoms with Gasteiger partial charge in [-0.3, -0.25) is 9.48 Å². The predicted octanol–water partition coefficient (Wildman–Crippen LogP) is 2.52. The van der Waals surface area contributed by atoms with Crippen molar-refractivity contribution in [1.29, 1.82) is 0 Å². The van der Waals surface area contributed by atoms with E-state index in [0.717, 1.165) is 36.4 Å². The average molecular weight is 258 g/mol. The first-order chi connectivity index (χ1) is 9.16. The van der Waals surface area contributed by atoms with Crippen LogP contribution in [0.15, 0.2) is 24.3 Å². The van der Waals surface area contributed by atoms with Crippen LogP contribution in [0.1, 0.15) is 24.3 Å². The minimum absolute atomic E-state index is 0.0171. The number of hydrogen-bond acceptors (Lipinski definition) is 3. The van der Waals surface area contributed by atoms with E-state index in [0.29, 0.717) is 5.92 Å². The summed E-state index contributed by atoms with van der Waals surface area (Å²) in [5, 5.41) is 5.54. The minimum Gasteiger partial charge on any atom is -0.381 e. The lowest BCUT2D eigenvalue weighted by atomic mass is 10.0. The average Bonchev–Trinajstić information content (AvgIpc) is 2.70. The molecule has 1 aromatic heterocycles. The van der Waals surface area contributed by atoms with Crippen LogP contribution in [0.4, 0.5) is 0 Å². The van der Waals surface area contributed by atoms with Crippen molar-refractivity contribution in [2.24, 2.45) is 11.8 Å². The SMILES string of the molecule is CC(C)C(=O)c1c2ccccc2nn1CC1COC1. The molecular formula is C15H18N2O2. The molecule has 0 unspecified atom stereocenters. The molecule has 19 heavy (non-hydrogen) atoms. The highest BCUT2D eigenvalue weighted by Gasteiger charge is 2.25. The monoisotopic (exact) mass is 258 g/mol. The Kier molecular flexibility index (Phi) is 3.11. The van der Waals surface area contributed by atoms with Gasteiger partial charge in [-0.15, -0.1) is 0 Å². The summed E-state index contributed by atoms with van der Waals surface area (Å²) in [6.45, 7) is 6.17. The van der Waals surface area contributed by atoms with Crippen molar-refractivity contribution in [1.82, 2.24) is 9.78 Å². The van der Waals surface area contributed by atoms with Crippen LogP contribution in [0.5, 0.6) is 0 Å². The standard InChI is InChI=1S/C15H18N2O2/c1-10(2)15(18)14-12-5-3-4-6-13(12)16-17(14)7-11-8-19-9-11/h3-6,10-11H,7-9H2,1-2H3. The van der Waals surface area contributed by atoms with Gasteiger partial charge in [0.25, 0.3) is 0 Å². The van der Waals surface area contributed by atoms with Crippen molar-refractivity contribution in [2.75, 3.05) is 13.2 Å². The Morgan fingerprint density at radius 3 is 2.79 bits per heavy atom. The Labute approximate surface area is 112 Å². The molecule has 2 heterocycles. The zero-order valence-corrected chi connectivity index (χ0v) is 11.3. The number of carbonyl (C=O) groups excluding carboxylic acids is 1. The first-order valence-electron chi connectivity index (χ1n) is 6.74. The van der Waals surface area contributed by atoms with Crippen molar-refractivity contribution in [3.63, 3.8) is 0 Å². The van der Waals surface area contributed by atoms with Crippen LogP contribution in [-0.4, -0.2) is 28.8 Å². The van der Waals surface area contributed by atoms with Crippen LogP contribution in [0.2, 0.25) is 0 Å². The van der Waals surface area contributed by atoms with Crippen LogP contribution < -0.4 is 0 Å². The van der Waals surface area contributed by atoms with E-state index in [-0.39, 0.29) is 11.7 Å². The summed E-state index contributed by atoms with van der Waals surface area (Å²) in [6, 6.07) is 7.85. The van der Waals surface area contributed by atoms with Crippen LogP contribution in [-0.2, 0) is 11.3 Å². The summed E-state index contributed by atoms with van der Waals surface area (Å²) >= 11 is 0. The largest absolute Gasteiger partial charge is 0.381 e. The summed E-state index contributed by atoms with van der Waals surface area (Å²) < 4.78 is 7.08. The number of ketones is 1. The Hall–Kier alpha value is -1.68. The van der Waals surface area contributed by atoms with E-state index in [2.05, 4.69) is 5.10 Å². The van der Waals surface area contributed by atoms with Gasteiger partial charge in [0.2, 0.25) is 0 Å². The molecule has 1 fully saturated rings. The second kappa shape index (κ2) is 4.78. The van der Waals surface area contributed by atoms with E-state index in [1.54, 1.807) is 0 Å². The van der Waals surface area contributed by atoms with E-state index in [1.807, 2.05) is 42.8 Å². The van der Waals surface area contributed by atoms with Gasteiger partial charge in [-0.05, 0) is 6.07 Å². The van der Waals surface area contributed by atoms with Crippen LogP contribution in [0.3, 0.4) is 0 Å². The van der Waals surface area contributed by atoms with E-state index in [4.69, 9.17) is 4.74 Å². The molecule has 0 saturated carbocycles. The molecule has 0 N–H and O–H groups in total. The summed E-state index contributed by atoms with van der Waals surface area (Å²) in [5.74, 6) is 0.624. The van der Waals surface area contributed by atoms with Gasteiger partial charge in [0.1, 0.15) is 5.69 Å². The number of carbonyl (C=O) groups is 1. The minimum atomic E-state index is -0.0171. The lowest BCUT2D eigenvalue weighted by Gasteiger charge is -2.26. The number of fused-ring (bicyclic) bond motifs is 1. The van der Waals surface area contributed by atoms with Crippen LogP contribution in [0, 0.1) is 11.8 Å². The second-order valence-corrected chi connectivity index (χ2v) is 5.47. The molecule has 1 saturated heterocycles. The maximum absolute atomic E-state index is 12.4. The highest BCUT2D eigenvalue weighted by Crippen LogP contribution is 2.23. The first kappa shape index (κ1) is 12.4. The zero-order valence-electron chi connectivity index (χ0n) is 11.3. The van der Waals surface area contributed by atoms with E-state index in [1.165, 1.54) is 0 Å². The lowest BCUT2D eigenvalue weighted by molar-refractivity contribution is -0.0410. The maximum atomic E-state index is 12.4. The van der Waals surface area contributed by atoms with Crippen molar-refractivity contribution in [3.8, 4) is 0 Å².